The number of carbonyl (C=O) groups excluding carboxylic acids is 1. The highest BCUT2D eigenvalue weighted by atomic mass is 35.5. The molecule has 1 fully saturated rings. The molecule has 0 unspecified atom stereocenters. The van der Waals surface area contributed by atoms with E-state index in [0.717, 1.165) is 30.2 Å². The summed E-state index contributed by atoms with van der Waals surface area (Å²) < 4.78 is 1.23. The Morgan fingerprint density at radius 3 is 2.70 bits per heavy atom. The molecule has 1 N–H and O–H groups in total. The molecule has 0 spiro atoms. The van der Waals surface area contributed by atoms with E-state index in [1.807, 2.05) is 23.1 Å². The summed E-state index contributed by atoms with van der Waals surface area (Å²) in [5.74, 6) is 0. The Hall–Kier alpha value is -2.31. The van der Waals surface area contributed by atoms with E-state index in [1.165, 1.54) is 10.3 Å². The van der Waals surface area contributed by atoms with Crippen molar-refractivity contribution in [3.05, 3.63) is 53.1 Å². The van der Waals surface area contributed by atoms with E-state index in [4.69, 9.17) is 16.6 Å². The number of aryl methyl sites for hydroxylation is 1. The van der Waals surface area contributed by atoms with Crippen molar-refractivity contribution in [1.82, 2.24) is 9.88 Å². The highest BCUT2D eigenvalue weighted by Gasteiger charge is 2.23. The van der Waals surface area contributed by atoms with E-state index in [2.05, 4.69) is 35.3 Å². The summed E-state index contributed by atoms with van der Waals surface area (Å²) >= 11 is 7.85. The van der Waals surface area contributed by atoms with Crippen LogP contribution >= 0.6 is 22.9 Å². The van der Waals surface area contributed by atoms with Crippen LogP contribution in [0.25, 0.3) is 10.2 Å². The second kappa shape index (κ2) is 7.74. The molecule has 1 saturated heterocycles. The highest BCUT2D eigenvalue weighted by molar-refractivity contribution is 7.22. The molecule has 0 bridgehead atoms. The van der Waals surface area contributed by atoms with Gasteiger partial charge >= 0.3 is 6.03 Å². The first kappa shape index (κ1) is 18.1. The summed E-state index contributed by atoms with van der Waals surface area (Å²) in [4.78, 5) is 21.3. The fourth-order valence-corrected chi connectivity index (χ4v) is 4.43. The molecule has 1 aliphatic rings. The first-order valence-electron chi connectivity index (χ1n) is 9.09. The van der Waals surface area contributed by atoms with Crippen molar-refractivity contribution in [2.45, 2.75) is 13.3 Å². The quantitative estimate of drug-likeness (QED) is 0.682. The van der Waals surface area contributed by atoms with Crippen molar-refractivity contribution in [3.8, 4) is 0 Å². The summed E-state index contributed by atoms with van der Waals surface area (Å²) in [6, 6.07) is 13.6. The number of rotatable bonds is 3. The van der Waals surface area contributed by atoms with Crippen molar-refractivity contribution in [3.63, 3.8) is 0 Å². The van der Waals surface area contributed by atoms with Gasteiger partial charge in [-0.25, -0.2) is 9.78 Å². The maximum atomic E-state index is 12.5. The number of amides is 2. The molecule has 1 aliphatic heterocycles. The number of hydrogen-bond donors (Lipinski definition) is 1. The lowest BCUT2D eigenvalue weighted by molar-refractivity contribution is 0.208. The van der Waals surface area contributed by atoms with Crippen LogP contribution in [0.2, 0.25) is 5.02 Å². The molecular formula is C20H21ClN4OS. The number of nitrogens with one attached hydrogen (secondary N) is 1. The minimum absolute atomic E-state index is 0.111. The lowest BCUT2D eigenvalue weighted by atomic mass is 10.2. The van der Waals surface area contributed by atoms with Crippen LogP contribution in [0.1, 0.15) is 12.5 Å². The molecular weight excluding hydrogens is 380 g/mol. The molecule has 0 saturated carbocycles. The zero-order chi connectivity index (χ0) is 18.8. The predicted octanol–water partition coefficient (Wildman–Crippen LogP) is 4.87. The fourth-order valence-electron chi connectivity index (χ4n) is 3.17. The third-order valence-corrected chi connectivity index (χ3v) is 6.21. The first-order valence-corrected chi connectivity index (χ1v) is 10.3. The number of hydrogen-bond acceptors (Lipinski definition) is 4. The maximum Gasteiger partial charge on any atom is 0.322 e. The van der Waals surface area contributed by atoms with Gasteiger partial charge in [0.15, 0.2) is 5.13 Å². The normalized spacial score (nSPS) is 14.6. The van der Waals surface area contributed by atoms with Crippen molar-refractivity contribution < 1.29 is 4.79 Å². The standard InChI is InChI=1S/C20H21ClN4OS/c1-2-14-7-8-17-18(13-14)27-20(23-17)25-11-9-24(10-12-25)19(26)22-16-6-4-3-5-15(16)21/h3-8,13H,2,9-12H2,1H3,(H,22,26). The minimum Gasteiger partial charge on any atom is -0.345 e. The zero-order valence-electron chi connectivity index (χ0n) is 15.1. The average Bonchev–Trinajstić information content (AvgIpc) is 3.13. The summed E-state index contributed by atoms with van der Waals surface area (Å²) in [5, 5.41) is 4.47. The number of fused-ring (bicyclic) bond motifs is 1. The van der Waals surface area contributed by atoms with Crippen molar-refractivity contribution in [1.29, 1.82) is 0 Å². The Morgan fingerprint density at radius 1 is 1.19 bits per heavy atom. The molecule has 4 rings (SSSR count). The van der Waals surface area contributed by atoms with Gasteiger partial charge in [-0.1, -0.05) is 48.1 Å². The summed E-state index contributed by atoms with van der Waals surface area (Å²) in [6.45, 7) is 5.03. The number of urea groups is 1. The molecule has 0 radical (unpaired) electrons. The predicted molar refractivity (Wildman–Crippen MR) is 113 cm³/mol. The van der Waals surface area contributed by atoms with Crippen LogP contribution in [-0.2, 0) is 6.42 Å². The molecule has 3 aromatic rings. The molecule has 2 aromatic carbocycles. The van der Waals surface area contributed by atoms with Gasteiger partial charge in [0.25, 0.3) is 0 Å². The number of para-hydroxylation sites is 1. The number of halogens is 1. The smallest absolute Gasteiger partial charge is 0.322 e. The third-order valence-electron chi connectivity index (χ3n) is 4.80. The van der Waals surface area contributed by atoms with Crippen LogP contribution in [-0.4, -0.2) is 42.1 Å². The van der Waals surface area contributed by atoms with Crippen molar-refractivity contribution in [2.75, 3.05) is 36.4 Å². The summed E-state index contributed by atoms with van der Waals surface area (Å²) in [6.07, 6.45) is 1.03. The summed E-state index contributed by atoms with van der Waals surface area (Å²) in [5.41, 5.74) is 3.02. The number of carbonyl (C=O) groups is 1. The first-order chi connectivity index (χ1) is 13.1. The van der Waals surface area contributed by atoms with Crippen LogP contribution in [0.4, 0.5) is 15.6 Å². The van der Waals surface area contributed by atoms with Gasteiger partial charge in [-0.15, -0.1) is 0 Å². The lowest BCUT2D eigenvalue weighted by Crippen LogP contribution is -2.50. The van der Waals surface area contributed by atoms with Gasteiger partial charge in [-0.3, -0.25) is 0 Å². The van der Waals surface area contributed by atoms with Crippen molar-refractivity contribution in [2.24, 2.45) is 0 Å². The van der Waals surface area contributed by atoms with Gasteiger partial charge in [-0.2, -0.15) is 0 Å². The second-order valence-electron chi connectivity index (χ2n) is 6.54. The highest BCUT2D eigenvalue weighted by Crippen LogP contribution is 2.30. The fraction of sp³-hybridized carbons (Fsp3) is 0.300. The Labute approximate surface area is 167 Å². The van der Waals surface area contributed by atoms with Crippen LogP contribution in [0.3, 0.4) is 0 Å². The minimum atomic E-state index is -0.111. The molecule has 27 heavy (non-hydrogen) atoms. The molecule has 140 valence electrons. The van der Waals surface area contributed by atoms with E-state index in [9.17, 15) is 4.79 Å². The lowest BCUT2D eigenvalue weighted by Gasteiger charge is -2.34. The largest absolute Gasteiger partial charge is 0.345 e. The number of benzene rings is 2. The van der Waals surface area contributed by atoms with Gasteiger partial charge in [0.05, 0.1) is 20.9 Å². The van der Waals surface area contributed by atoms with Gasteiger partial charge in [-0.05, 0) is 36.2 Å². The number of aromatic nitrogens is 1. The zero-order valence-corrected chi connectivity index (χ0v) is 16.7. The third kappa shape index (κ3) is 3.87. The maximum absolute atomic E-state index is 12.5. The number of thiazole rings is 1. The molecule has 0 atom stereocenters. The van der Waals surface area contributed by atoms with Crippen LogP contribution < -0.4 is 10.2 Å². The molecule has 7 heteroatoms. The van der Waals surface area contributed by atoms with Crippen molar-refractivity contribution >= 4 is 50.0 Å². The van der Waals surface area contributed by atoms with Gasteiger partial charge < -0.3 is 15.1 Å². The Balaban J connectivity index is 1.40. The topological polar surface area (TPSA) is 48.5 Å². The second-order valence-corrected chi connectivity index (χ2v) is 7.95. The van der Waals surface area contributed by atoms with Gasteiger partial charge in [0, 0.05) is 26.2 Å². The number of anilines is 2. The van der Waals surface area contributed by atoms with E-state index in [0.29, 0.717) is 23.8 Å². The Kier molecular flexibility index (Phi) is 5.18. The van der Waals surface area contributed by atoms with Crippen LogP contribution in [0.15, 0.2) is 42.5 Å². The molecule has 2 amide bonds. The van der Waals surface area contributed by atoms with Gasteiger partial charge in [0.2, 0.25) is 0 Å². The Morgan fingerprint density at radius 2 is 1.96 bits per heavy atom. The Bertz CT molecular complexity index is 966. The van der Waals surface area contributed by atoms with E-state index in [-0.39, 0.29) is 6.03 Å². The average molecular weight is 401 g/mol. The van der Waals surface area contributed by atoms with Gasteiger partial charge in [0.1, 0.15) is 0 Å². The number of piperazine rings is 1. The van der Waals surface area contributed by atoms with Crippen LogP contribution in [0, 0.1) is 0 Å². The van der Waals surface area contributed by atoms with E-state index < -0.39 is 0 Å². The SMILES string of the molecule is CCc1ccc2nc(N3CCN(C(=O)Nc4ccccc4Cl)CC3)sc2c1. The monoisotopic (exact) mass is 400 g/mol. The summed E-state index contributed by atoms with van der Waals surface area (Å²) in [7, 11) is 0. The molecule has 0 aliphatic carbocycles. The molecule has 5 nitrogen and oxygen atoms in total. The van der Waals surface area contributed by atoms with E-state index in [1.54, 1.807) is 17.4 Å². The molecule has 2 heterocycles. The molecule has 1 aromatic heterocycles. The van der Waals surface area contributed by atoms with Crippen LogP contribution in [0.5, 0.6) is 0 Å². The number of nitrogens with zero attached hydrogens (tertiary/aromatic N) is 3. The van der Waals surface area contributed by atoms with E-state index >= 15 is 0 Å².